The number of halogens is 2. The Morgan fingerprint density at radius 2 is 2.14 bits per heavy atom. The van der Waals surface area contributed by atoms with E-state index in [9.17, 15) is 9.90 Å². The molecule has 6 heteroatoms. The molecule has 0 radical (unpaired) electrons. The van der Waals surface area contributed by atoms with E-state index in [1.165, 1.54) is 4.68 Å². The molecule has 0 aliphatic rings. The standard InChI is InChI=1S/C15H16BrClN2O2/c1-8(2)6-11-13(15(20)21)14(17)19(18-11)12-5-4-10(16)7-9(12)3/h4-5,7-8H,6H2,1-3H3,(H,20,21). The molecule has 0 fully saturated rings. The number of carboxylic acids is 1. The highest BCUT2D eigenvalue weighted by Crippen LogP contribution is 2.28. The Hall–Kier alpha value is -1.33. The highest BCUT2D eigenvalue weighted by atomic mass is 79.9. The van der Waals surface area contributed by atoms with Crippen LogP contribution in [0.2, 0.25) is 5.15 Å². The Morgan fingerprint density at radius 3 is 2.67 bits per heavy atom. The molecule has 1 N–H and O–H groups in total. The maximum atomic E-state index is 11.5. The molecule has 0 saturated carbocycles. The van der Waals surface area contributed by atoms with E-state index in [2.05, 4.69) is 21.0 Å². The summed E-state index contributed by atoms with van der Waals surface area (Å²) in [5.41, 5.74) is 2.35. The van der Waals surface area contributed by atoms with Crippen LogP contribution in [0.4, 0.5) is 0 Å². The van der Waals surface area contributed by atoms with Crippen LogP contribution in [0, 0.1) is 12.8 Å². The highest BCUT2D eigenvalue weighted by Gasteiger charge is 2.24. The van der Waals surface area contributed by atoms with Gasteiger partial charge in [0, 0.05) is 4.47 Å². The van der Waals surface area contributed by atoms with Crippen molar-refractivity contribution < 1.29 is 9.90 Å². The summed E-state index contributed by atoms with van der Waals surface area (Å²) in [6.07, 6.45) is 0.573. The summed E-state index contributed by atoms with van der Waals surface area (Å²) in [6, 6.07) is 5.68. The Morgan fingerprint density at radius 1 is 1.48 bits per heavy atom. The highest BCUT2D eigenvalue weighted by molar-refractivity contribution is 9.10. The van der Waals surface area contributed by atoms with Crippen molar-refractivity contribution in [3.05, 3.63) is 44.6 Å². The van der Waals surface area contributed by atoms with E-state index in [0.717, 1.165) is 15.7 Å². The number of aromatic carboxylic acids is 1. The first-order valence-electron chi connectivity index (χ1n) is 6.58. The molecule has 0 unspecified atom stereocenters. The Labute approximate surface area is 136 Å². The molecule has 2 rings (SSSR count). The van der Waals surface area contributed by atoms with Crippen LogP contribution in [-0.4, -0.2) is 20.9 Å². The van der Waals surface area contributed by atoms with Gasteiger partial charge in [-0.05, 0) is 43.0 Å². The fourth-order valence-electron chi connectivity index (χ4n) is 2.20. The van der Waals surface area contributed by atoms with Gasteiger partial charge in [-0.15, -0.1) is 0 Å². The molecular formula is C15H16BrClN2O2. The van der Waals surface area contributed by atoms with Gasteiger partial charge in [-0.3, -0.25) is 0 Å². The molecule has 0 amide bonds. The molecule has 0 saturated heterocycles. The summed E-state index contributed by atoms with van der Waals surface area (Å²) >= 11 is 9.67. The number of carbonyl (C=O) groups is 1. The van der Waals surface area contributed by atoms with Crippen LogP contribution in [0.25, 0.3) is 5.69 Å². The SMILES string of the molecule is Cc1cc(Br)ccc1-n1nc(CC(C)C)c(C(=O)O)c1Cl. The molecule has 0 atom stereocenters. The molecule has 0 spiro atoms. The van der Waals surface area contributed by atoms with Gasteiger partial charge in [-0.1, -0.05) is 41.4 Å². The van der Waals surface area contributed by atoms with E-state index in [4.69, 9.17) is 11.6 Å². The zero-order valence-electron chi connectivity index (χ0n) is 12.0. The number of hydrogen-bond donors (Lipinski definition) is 1. The van der Waals surface area contributed by atoms with E-state index >= 15 is 0 Å². The summed E-state index contributed by atoms with van der Waals surface area (Å²) < 4.78 is 2.46. The van der Waals surface area contributed by atoms with Crippen LogP contribution in [0.5, 0.6) is 0 Å². The van der Waals surface area contributed by atoms with Gasteiger partial charge in [0.2, 0.25) is 0 Å². The van der Waals surface area contributed by atoms with E-state index < -0.39 is 5.97 Å². The third-order valence-electron chi connectivity index (χ3n) is 3.10. The van der Waals surface area contributed by atoms with Crippen LogP contribution in [0.1, 0.15) is 35.5 Å². The molecular weight excluding hydrogens is 356 g/mol. The predicted octanol–water partition coefficient (Wildman–Crippen LogP) is 4.49. The van der Waals surface area contributed by atoms with Crippen LogP contribution >= 0.6 is 27.5 Å². The van der Waals surface area contributed by atoms with Crippen molar-refractivity contribution in [3.63, 3.8) is 0 Å². The third-order valence-corrected chi connectivity index (χ3v) is 3.95. The topological polar surface area (TPSA) is 55.1 Å². The van der Waals surface area contributed by atoms with Gasteiger partial charge >= 0.3 is 5.97 Å². The summed E-state index contributed by atoms with van der Waals surface area (Å²) in [5, 5.41) is 14.0. The average molecular weight is 372 g/mol. The second kappa shape index (κ2) is 6.20. The first kappa shape index (κ1) is 16.0. The van der Waals surface area contributed by atoms with Crippen LogP contribution in [0.15, 0.2) is 22.7 Å². The lowest BCUT2D eigenvalue weighted by atomic mass is 10.1. The molecule has 0 aliphatic carbocycles. The van der Waals surface area contributed by atoms with Gasteiger partial charge in [0.1, 0.15) is 10.7 Å². The predicted molar refractivity (Wildman–Crippen MR) is 86.5 cm³/mol. The van der Waals surface area contributed by atoms with Crippen LogP contribution < -0.4 is 0 Å². The van der Waals surface area contributed by atoms with Crippen molar-refractivity contribution in [2.75, 3.05) is 0 Å². The lowest BCUT2D eigenvalue weighted by Gasteiger charge is -2.07. The van der Waals surface area contributed by atoms with Gasteiger partial charge < -0.3 is 5.11 Å². The quantitative estimate of drug-likeness (QED) is 0.861. The number of carboxylic acid groups (broad SMARTS) is 1. The molecule has 0 bridgehead atoms. The first-order valence-corrected chi connectivity index (χ1v) is 7.75. The minimum Gasteiger partial charge on any atom is -0.478 e. The summed E-state index contributed by atoms with van der Waals surface area (Å²) in [4.78, 5) is 11.5. The maximum Gasteiger partial charge on any atom is 0.340 e. The molecule has 21 heavy (non-hydrogen) atoms. The summed E-state index contributed by atoms with van der Waals surface area (Å²) in [6.45, 7) is 5.97. The molecule has 2 aromatic rings. The van der Waals surface area contributed by atoms with Crippen molar-refractivity contribution >= 4 is 33.5 Å². The molecule has 1 heterocycles. The smallest absolute Gasteiger partial charge is 0.340 e. The van der Waals surface area contributed by atoms with Gasteiger partial charge in [-0.25, -0.2) is 9.48 Å². The van der Waals surface area contributed by atoms with Crippen molar-refractivity contribution in [2.45, 2.75) is 27.2 Å². The van der Waals surface area contributed by atoms with E-state index in [-0.39, 0.29) is 10.7 Å². The molecule has 4 nitrogen and oxygen atoms in total. The van der Waals surface area contributed by atoms with Crippen molar-refractivity contribution in [3.8, 4) is 5.69 Å². The molecule has 1 aromatic carbocycles. The number of hydrogen-bond acceptors (Lipinski definition) is 2. The number of benzene rings is 1. The largest absolute Gasteiger partial charge is 0.478 e. The van der Waals surface area contributed by atoms with Gasteiger partial charge in [-0.2, -0.15) is 5.10 Å². The lowest BCUT2D eigenvalue weighted by Crippen LogP contribution is -2.03. The fourth-order valence-corrected chi connectivity index (χ4v) is 2.99. The van der Waals surface area contributed by atoms with Crippen LogP contribution in [0.3, 0.4) is 0 Å². The van der Waals surface area contributed by atoms with E-state index in [0.29, 0.717) is 18.0 Å². The second-order valence-electron chi connectivity index (χ2n) is 5.36. The summed E-state index contributed by atoms with van der Waals surface area (Å²) in [5.74, 6) is -0.745. The van der Waals surface area contributed by atoms with Crippen molar-refractivity contribution in [2.24, 2.45) is 5.92 Å². The van der Waals surface area contributed by atoms with Gasteiger partial charge in [0.15, 0.2) is 0 Å². The van der Waals surface area contributed by atoms with E-state index in [1.54, 1.807) is 0 Å². The fraction of sp³-hybridized carbons (Fsp3) is 0.333. The summed E-state index contributed by atoms with van der Waals surface area (Å²) in [7, 11) is 0. The number of aromatic nitrogens is 2. The molecule has 0 aliphatic heterocycles. The Kier molecular flexibility index (Phi) is 4.74. The maximum absolute atomic E-state index is 11.5. The Bertz CT molecular complexity index is 695. The lowest BCUT2D eigenvalue weighted by molar-refractivity contribution is 0.0695. The zero-order valence-corrected chi connectivity index (χ0v) is 14.4. The molecule has 112 valence electrons. The first-order chi connectivity index (χ1) is 9.81. The normalized spacial score (nSPS) is 11.1. The number of aryl methyl sites for hydroxylation is 1. The monoisotopic (exact) mass is 370 g/mol. The Balaban J connectivity index is 2.62. The van der Waals surface area contributed by atoms with Crippen molar-refractivity contribution in [1.29, 1.82) is 0 Å². The molecule has 1 aromatic heterocycles. The van der Waals surface area contributed by atoms with Gasteiger partial charge in [0.05, 0.1) is 11.4 Å². The minimum absolute atomic E-state index is 0.0904. The number of rotatable bonds is 4. The second-order valence-corrected chi connectivity index (χ2v) is 6.63. The third kappa shape index (κ3) is 3.30. The zero-order chi connectivity index (χ0) is 15.7. The number of nitrogens with zero attached hydrogens (tertiary/aromatic N) is 2. The van der Waals surface area contributed by atoms with Crippen LogP contribution in [-0.2, 0) is 6.42 Å². The minimum atomic E-state index is -1.04. The average Bonchev–Trinajstić information content (AvgIpc) is 2.65. The van der Waals surface area contributed by atoms with Crippen molar-refractivity contribution in [1.82, 2.24) is 9.78 Å². The van der Waals surface area contributed by atoms with Gasteiger partial charge in [0.25, 0.3) is 0 Å². The van der Waals surface area contributed by atoms with E-state index in [1.807, 2.05) is 39.0 Å².